The Kier molecular flexibility index (Phi) is 5.39. The summed E-state index contributed by atoms with van der Waals surface area (Å²) < 4.78 is 0.682. The van der Waals surface area contributed by atoms with E-state index in [0.29, 0.717) is 10.9 Å². The zero-order chi connectivity index (χ0) is 13.8. The maximum absolute atomic E-state index is 12.1. The fourth-order valence-electron chi connectivity index (χ4n) is 2.54. The fourth-order valence-corrected chi connectivity index (χ4v) is 3.51. The zero-order valence-corrected chi connectivity index (χ0v) is 13.1. The van der Waals surface area contributed by atoms with Crippen molar-refractivity contribution >= 4 is 28.7 Å². The summed E-state index contributed by atoms with van der Waals surface area (Å²) in [7, 11) is 4.20. The van der Waals surface area contributed by atoms with E-state index in [1.807, 2.05) is 13.1 Å². The van der Waals surface area contributed by atoms with Crippen LogP contribution >= 0.6 is 22.9 Å². The Hall–Kier alpha value is -0.420. The van der Waals surface area contributed by atoms with Crippen LogP contribution in [0.3, 0.4) is 0 Å². The number of ketones is 1. The molecule has 1 aliphatic rings. The lowest BCUT2D eigenvalue weighted by Gasteiger charge is -2.31. The van der Waals surface area contributed by atoms with E-state index in [4.69, 9.17) is 11.6 Å². The summed E-state index contributed by atoms with van der Waals surface area (Å²) in [6.07, 6.45) is 2.47. The molecule has 2 rings (SSSR count). The van der Waals surface area contributed by atoms with Gasteiger partial charge >= 0.3 is 0 Å². The predicted octanol–water partition coefficient (Wildman–Crippen LogP) is 2.86. The van der Waals surface area contributed by atoms with Gasteiger partial charge in [0.2, 0.25) is 0 Å². The summed E-state index contributed by atoms with van der Waals surface area (Å²) in [6, 6.07) is 3.61. The number of likely N-dealkylation sites (N-methyl/N-ethyl adjacent to an activating group) is 1. The van der Waals surface area contributed by atoms with Crippen LogP contribution in [0, 0.1) is 5.92 Å². The molecule has 0 radical (unpaired) electrons. The molecule has 3 nitrogen and oxygen atoms in total. The largest absolute Gasteiger partial charge is 0.306 e. The number of carbonyl (C=O) groups excluding carboxylic acids is 1. The molecule has 0 N–H and O–H groups in total. The molecule has 0 aliphatic carbocycles. The van der Waals surface area contributed by atoms with Crippen LogP contribution in [0.15, 0.2) is 12.1 Å². The summed E-state index contributed by atoms with van der Waals surface area (Å²) in [4.78, 5) is 17.3. The molecule has 1 aromatic heterocycles. The molecule has 5 heteroatoms. The third-order valence-electron chi connectivity index (χ3n) is 3.67. The number of rotatable bonds is 5. The molecule has 0 bridgehead atoms. The summed E-state index contributed by atoms with van der Waals surface area (Å²) in [5.41, 5.74) is 0. The molecule has 0 amide bonds. The van der Waals surface area contributed by atoms with E-state index in [0.717, 1.165) is 17.3 Å². The normalized spacial score (nSPS) is 18.1. The van der Waals surface area contributed by atoms with Gasteiger partial charge in [0.15, 0.2) is 5.78 Å². The number of likely N-dealkylation sites (tertiary alicyclic amines) is 1. The van der Waals surface area contributed by atoms with Crippen molar-refractivity contribution in [3.63, 3.8) is 0 Å². The van der Waals surface area contributed by atoms with Gasteiger partial charge in [-0.3, -0.25) is 9.69 Å². The standard InChI is InChI=1S/C14H21ClN2OS/c1-16-7-5-11(6-8-16)9-17(2)10-12(18)13-3-4-14(15)19-13/h3-4,11H,5-10H2,1-2H3. The van der Waals surface area contributed by atoms with Gasteiger partial charge < -0.3 is 4.90 Å². The SMILES string of the molecule is CN1CCC(CN(C)CC(=O)c2ccc(Cl)s2)CC1. The van der Waals surface area contributed by atoms with Gasteiger partial charge in [0, 0.05) is 6.54 Å². The zero-order valence-electron chi connectivity index (χ0n) is 11.6. The van der Waals surface area contributed by atoms with Crippen molar-refractivity contribution in [3.8, 4) is 0 Å². The molecular formula is C14H21ClN2OS. The fraction of sp³-hybridized carbons (Fsp3) is 0.643. The summed E-state index contributed by atoms with van der Waals surface area (Å²) >= 11 is 7.23. The van der Waals surface area contributed by atoms with Crippen LogP contribution in [0.2, 0.25) is 4.34 Å². The molecular weight excluding hydrogens is 280 g/mol. The minimum atomic E-state index is 0.173. The highest BCUT2D eigenvalue weighted by Gasteiger charge is 2.19. The molecule has 0 unspecified atom stereocenters. The van der Waals surface area contributed by atoms with Crippen LogP contribution in [0.25, 0.3) is 0 Å². The Balaban J connectivity index is 1.78. The first-order valence-corrected chi connectivity index (χ1v) is 7.89. The van der Waals surface area contributed by atoms with Crippen molar-refractivity contribution in [1.82, 2.24) is 9.80 Å². The van der Waals surface area contributed by atoms with Crippen molar-refractivity contribution in [1.29, 1.82) is 0 Å². The van der Waals surface area contributed by atoms with Crippen LogP contribution in [-0.2, 0) is 0 Å². The highest BCUT2D eigenvalue weighted by molar-refractivity contribution is 7.18. The molecule has 2 heterocycles. The van der Waals surface area contributed by atoms with Gasteiger partial charge in [0.25, 0.3) is 0 Å². The molecule has 106 valence electrons. The van der Waals surface area contributed by atoms with Crippen molar-refractivity contribution in [2.45, 2.75) is 12.8 Å². The van der Waals surface area contributed by atoms with E-state index in [1.165, 1.54) is 37.3 Å². The third kappa shape index (κ3) is 4.56. The lowest BCUT2D eigenvalue weighted by molar-refractivity contribution is 0.0929. The van der Waals surface area contributed by atoms with Gasteiger partial charge in [-0.25, -0.2) is 0 Å². The van der Waals surface area contributed by atoms with Gasteiger partial charge in [-0.05, 0) is 58.1 Å². The Labute approximate surface area is 124 Å². The van der Waals surface area contributed by atoms with Crippen LogP contribution in [0.4, 0.5) is 0 Å². The minimum Gasteiger partial charge on any atom is -0.306 e. The minimum absolute atomic E-state index is 0.173. The first-order chi connectivity index (χ1) is 9.04. The topological polar surface area (TPSA) is 23.6 Å². The molecule has 1 aromatic rings. The summed E-state index contributed by atoms with van der Waals surface area (Å²) in [5, 5.41) is 0. The molecule has 0 spiro atoms. The quantitative estimate of drug-likeness (QED) is 0.781. The van der Waals surface area contributed by atoms with Gasteiger partial charge in [-0.1, -0.05) is 11.6 Å². The van der Waals surface area contributed by atoms with E-state index >= 15 is 0 Å². The van der Waals surface area contributed by atoms with E-state index in [2.05, 4.69) is 16.8 Å². The van der Waals surface area contributed by atoms with E-state index in [-0.39, 0.29) is 5.78 Å². The van der Waals surface area contributed by atoms with Crippen LogP contribution in [0.1, 0.15) is 22.5 Å². The lowest BCUT2D eigenvalue weighted by atomic mass is 9.96. The van der Waals surface area contributed by atoms with E-state index in [9.17, 15) is 4.79 Å². The predicted molar refractivity (Wildman–Crippen MR) is 81.4 cm³/mol. The van der Waals surface area contributed by atoms with Crippen molar-refractivity contribution in [2.75, 3.05) is 40.3 Å². The molecule has 1 fully saturated rings. The van der Waals surface area contributed by atoms with Gasteiger partial charge in [-0.15, -0.1) is 11.3 Å². The van der Waals surface area contributed by atoms with Crippen LogP contribution in [-0.4, -0.2) is 55.9 Å². The number of Topliss-reactive ketones (excluding diaryl/α,β-unsaturated/α-hetero) is 1. The van der Waals surface area contributed by atoms with Gasteiger partial charge in [-0.2, -0.15) is 0 Å². The number of nitrogens with zero attached hydrogens (tertiary/aromatic N) is 2. The second-order valence-electron chi connectivity index (χ2n) is 5.47. The number of carbonyl (C=O) groups is 1. The average Bonchev–Trinajstić information content (AvgIpc) is 2.79. The maximum Gasteiger partial charge on any atom is 0.186 e. The number of hydrogen-bond donors (Lipinski definition) is 0. The number of thiophene rings is 1. The van der Waals surface area contributed by atoms with Crippen molar-refractivity contribution in [2.24, 2.45) is 5.92 Å². The molecule has 0 aromatic carbocycles. The first-order valence-electron chi connectivity index (χ1n) is 6.70. The Morgan fingerprint density at radius 1 is 1.47 bits per heavy atom. The highest BCUT2D eigenvalue weighted by atomic mass is 35.5. The van der Waals surface area contributed by atoms with E-state index in [1.54, 1.807) is 6.07 Å². The molecule has 19 heavy (non-hydrogen) atoms. The molecule has 0 atom stereocenters. The van der Waals surface area contributed by atoms with Crippen LogP contribution < -0.4 is 0 Å². The summed E-state index contributed by atoms with van der Waals surface area (Å²) in [6.45, 7) is 3.85. The number of hydrogen-bond acceptors (Lipinski definition) is 4. The average molecular weight is 301 g/mol. The second kappa shape index (κ2) is 6.84. The van der Waals surface area contributed by atoms with E-state index < -0.39 is 0 Å². The summed E-state index contributed by atoms with van der Waals surface area (Å²) in [5.74, 6) is 0.897. The molecule has 1 aliphatic heterocycles. The van der Waals surface area contributed by atoms with Gasteiger partial charge in [0.05, 0.1) is 15.8 Å². The second-order valence-corrected chi connectivity index (χ2v) is 7.19. The molecule has 1 saturated heterocycles. The first kappa shape index (κ1) is 15.0. The Morgan fingerprint density at radius 2 is 2.16 bits per heavy atom. The molecule has 0 saturated carbocycles. The van der Waals surface area contributed by atoms with Crippen LogP contribution in [0.5, 0.6) is 0 Å². The van der Waals surface area contributed by atoms with Crippen molar-refractivity contribution in [3.05, 3.63) is 21.3 Å². The smallest absolute Gasteiger partial charge is 0.186 e. The number of halogens is 1. The van der Waals surface area contributed by atoms with Gasteiger partial charge in [0.1, 0.15) is 0 Å². The number of piperidine rings is 1. The highest BCUT2D eigenvalue weighted by Crippen LogP contribution is 2.22. The Morgan fingerprint density at radius 3 is 2.74 bits per heavy atom. The lowest BCUT2D eigenvalue weighted by Crippen LogP contribution is -2.37. The maximum atomic E-state index is 12.1. The van der Waals surface area contributed by atoms with Crippen molar-refractivity contribution < 1.29 is 4.79 Å². The monoisotopic (exact) mass is 300 g/mol. The third-order valence-corrected chi connectivity index (χ3v) is 4.94. The Bertz CT molecular complexity index is 427.